The predicted molar refractivity (Wildman–Crippen MR) is 66.5 cm³/mol. The molecule has 0 radical (unpaired) electrons. The molecule has 0 saturated heterocycles. The first-order chi connectivity index (χ1) is 9.15. The van der Waals surface area contributed by atoms with Crippen LogP contribution in [0, 0.1) is 5.82 Å². The number of H-pyrrole nitrogens is 1. The van der Waals surface area contributed by atoms with Gasteiger partial charge in [0.05, 0.1) is 19.4 Å². The first kappa shape index (κ1) is 13.1. The number of rotatable bonds is 4. The van der Waals surface area contributed by atoms with E-state index in [4.69, 9.17) is 9.47 Å². The smallest absolute Gasteiger partial charge is 0.356 e. The number of carbonyl (C=O) groups is 1. The second kappa shape index (κ2) is 5.51. The van der Waals surface area contributed by atoms with E-state index in [1.165, 1.54) is 19.2 Å². The highest BCUT2D eigenvalue weighted by Gasteiger charge is 2.13. The van der Waals surface area contributed by atoms with Crippen LogP contribution < -0.4 is 4.74 Å². The molecule has 0 spiro atoms. The molecule has 1 heterocycles. The third kappa shape index (κ3) is 2.73. The van der Waals surface area contributed by atoms with Crippen molar-refractivity contribution in [2.45, 2.75) is 6.92 Å². The first-order valence-electron chi connectivity index (χ1n) is 5.72. The van der Waals surface area contributed by atoms with Crippen LogP contribution >= 0.6 is 0 Å². The summed E-state index contributed by atoms with van der Waals surface area (Å²) in [7, 11) is 1.39. The zero-order valence-electron chi connectivity index (χ0n) is 10.6. The number of nitrogens with one attached hydrogen (secondary N) is 1. The lowest BCUT2D eigenvalue weighted by molar-refractivity contribution is 0.0519. The molecule has 0 aliphatic carbocycles. The molecule has 6 heteroatoms. The van der Waals surface area contributed by atoms with Gasteiger partial charge in [-0.25, -0.2) is 9.18 Å². The summed E-state index contributed by atoms with van der Waals surface area (Å²) in [6, 6.07) is 5.90. The number of methoxy groups -OCH3 is 1. The molecular formula is C13H13FN2O3. The van der Waals surface area contributed by atoms with Gasteiger partial charge in [-0.3, -0.25) is 5.10 Å². The SMILES string of the molecule is CCOC(=O)c1cc(-c2ccc(F)c(OC)c2)n[nH]1. The van der Waals surface area contributed by atoms with E-state index >= 15 is 0 Å². The second-order valence-corrected chi connectivity index (χ2v) is 3.74. The molecule has 2 aromatic rings. The molecule has 0 unspecified atom stereocenters. The van der Waals surface area contributed by atoms with Crippen LogP contribution in [0.15, 0.2) is 24.3 Å². The Labute approximate surface area is 109 Å². The molecule has 0 atom stereocenters. The van der Waals surface area contributed by atoms with Crippen LogP contribution in [0.1, 0.15) is 17.4 Å². The average Bonchev–Trinajstić information content (AvgIpc) is 2.89. The standard InChI is InChI=1S/C13H13FN2O3/c1-3-19-13(17)11-7-10(15-16-11)8-4-5-9(14)12(6-8)18-2/h4-7H,3H2,1-2H3,(H,15,16). The van der Waals surface area contributed by atoms with Crippen molar-refractivity contribution in [3.05, 3.63) is 35.8 Å². The molecule has 5 nitrogen and oxygen atoms in total. The third-order valence-corrected chi connectivity index (χ3v) is 2.52. The van der Waals surface area contributed by atoms with Crippen LogP contribution in [0.2, 0.25) is 0 Å². The minimum atomic E-state index is -0.477. The van der Waals surface area contributed by atoms with Gasteiger partial charge < -0.3 is 9.47 Å². The number of aromatic nitrogens is 2. The van der Waals surface area contributed by atoms with Crippen LogP contribution in [0.5, 0.6) is 5.75 Å². The lowest BCUT2D eigenvalue weighted by Gasteiger charge is -2.03. The Bertz CT molecular complexity index is 595. The molecule has 0 aliphatic rings. The molecule has 1 aromatic heterocycles. The maximum atomic E-state index is 13.3. The normalized spacial score (nSPS) is 10.3. The lowest BCUT2D eigenvalue weighted by Crippen LogP contribution is -2.04. The van der Waals surface area contributed by atoms with Crippen LogP contribution in [-0.2, 0) is 4.74 Å². The number of nitrogens with zero attached hydrogens (tertiary/aromatic N) is 1. The molecule has 19 heavy (non-hydrogen) atoms. The van der Waals surface area contributed by atoms with Crippen molar-refractivity contribution in [1.82, 2.24) is 10.2 Å². The maximum absolute atomic E-state index is 13.3. The van der Waals surface area contributed by atoms with Gasteiger partial charge in [0, 0.05) is 5.56 Å². The number of benzene rings is 1. The Morgan fingerprint density at radius 3 is 2.89 bits per heavy atom. The fraction of sp³-hybridized carbons (Fsp3) is 0.231. The van der Waals surface area contributed by atoms with Gasteiger partial charge in [0.1, 0.15) is 5.69 Å². The van der Waals surface area contributed by atoms with E-state index in [2.05, 4.69) is 10.2 Å². The van der Waals surface area contributed by atoms with Crippen LogP contribution in [-0.4, -0.2) is 29.9 Å². The first-order valence-corrected chi connectivity index (χ1v) is 5.72. The molecular weight excluding hydrogens is 251 g/mol. The van der Waals surface area contributed by atoms with Crippen molar-refractivity contribution in [1.29, 1.82) is 0 Å². The monoisotopic (exact) mass is 264 g/mol. The number of ether oxygens (including phenoxy) is 2. The lowest BCUT2D eigenvalue weighted by atomic mass is 10.1. The Hall–Kier alpha value is -2.37. The topological polar surface area (TPSA) is 64.2 Å². The highest BCUT2D eigenvalue weighted by Crippen LogP contribution is 2.25. The van der Waals surface area contributed by atoms with Crippen molar-refractivity contribution in [2.75, 3.05) is 13.7 Å². The molecule has 1 aromatic carbocycles. The predicted octanol–water partition coefficient (Wildman–Crippen LogP) is 2.40. The summed E-state index contributed by atoms with van der Waals surface area (Å²) in [6.45, 7) is 2.01. The molecule has 2 rings (SSSR count). The van der Waals surface area contributed by atoms with Gasteiger partial charge >= 0.3 is 5.97 Å². The fourth-order valence-corrected chi connectivity index (χ4v) is 1.60. The summed E-state index contributed by atoms with van der Waals surface area (Å²) in [5, 5.41) is 6.57. The second-order valence-electron chi connectivity index (χ2n) is 3.74. The van der Waals surface area contributed by atoms with Crippen LogP contribution in [0.4, 0.5) is 4.39 Å². The molecule has 0 fully saturated rings. The van der Waals surface area contributed by atoms with Crippen molar-refractivity contribution in [2.24, 2.45) is 0 Å². The van der Waals surface area contributed by atoms with E-state index in [1.54, 1.807) is 19.1 Å². The number of hydrogen-bond acceptors (Lipinski definition) is 4. The van der Waals surface area contributed by atoms with E-state index in [0.29, 0.717) is 11.3 Å². The van der Waals surface area contributed by atoms with Gasteiger partial charge in [0.2, 0.25) is 0 Å². The summed E-state index contributed by atoms with van der Waals surface area (Å²) < 4.78 is 23.0. The average molecular weight is 264 g/mol. The Balaban J connectivity index is 2.30. The van der Waals surface area contributed by atoms with Crippen LogP contribution in [0.3, 0.4) is 0 Å². The van der Waals surface area contributed by atoms with Gasteiger partial charge in [-0.1, -0.05) is 0 Å². The summed E-state index contributed by atoms with van der Waals surface area (Å²) in [5.74, 6) is -0.805. The maximum Gasteiger partial charge on any atom is 0.356 e. The van der Waals surface area contributed by atoms with E-state index in [1.807, 2.05) is 0 Å². The molecule has 0 bridgehead atoms. The fourth-order valence-electron chi connectivity index (χ4n) is 1.60. The van der Waals surface area contributed by atoms with E-state index in [-0.39, 0.29) is 18.1 Å². The molecule has 0 amide bonds. The number of aromatic amines is 1. The van der Waals surface area contributed by atoms with E-state index < -0.39 is 11.8 Å². The van der Waals surface area contributed by atoms with Gasteiger partial charge in [-0.2, -0.15) is 5.10 Å². The van der Waals surface area contributed by atoms with Crippen molar-refractivity contribution >= 4 is 5.97 Å². The summed E-state index contributed by atoms with van der Waals surface area (Å²) in [6.07, 6.45) is 0. The minimum absolute atomic E-state index is 0.123. The zero-order valence-corrected chi connectivity index (χ0v) is 10.6. The van der Waals surface area contributed by atoms with Gasteiger partial charge in [-0.15, -0.1) is 0 Å². The Morgan fingerprint density at radius 1 is 1.42 bits per heavy atom. The minimum Gasteiger partial charge on any atom is -0.494 e. The Kier molecular flexibility index (Phi) is 3.79. The molecule has 0 aliphatic heterocycles. The van der Waals surface area contributed by atoms with Gasteiger partial charge in [-0.05, 0) is 31.2 Å². The van der Waals surface area contributed by atoms with Gasteiger partial charge in [0.25, 0.3) is 0 Å². The van der Waals surface area contributed by atoms with Crippen LogP contribution in [0.25, 0.3) is 11.3 Å². The van der Waals surface area contributed by atoms with Crippen molar-refractivity contribution in [3.8, 4) is 17.0 Å². The number of hydrogen-bond donors (Lipinski definition) is 1. The third-order valence-electron chi connectivity index (χ3n) is 2.52. The van der Waals surface area contributed by atoms with Crippen molar-refractivity contribution in [3.63, 3.8) is 0 Å². The Morgan fingerprint density at radius 2 is 2.21 bits per heavy atom. The van der Waals surface area contributed by atoms with Gasteiger partial charge in [0.15, 0.2) is 11.6 Å². The molecule has 100 valence electrons. The summed E-state index contributed by atoms with van der Waals surface area (Å²) in [5.41, 5.74) is 1.41. The number of esters is 1. The summed E-state index contributed by atoms with van der Waals surface area (Å²) in [4.78, 5) is 11.5. The van der Waals surface area contributed by atoms with E-state index in [9.17, 15) is 9.18 Å². The summed E-state index contributed by atoms with van der Waals surface area (Å²) >= 11 is 0. The highest BCUT2D eigenvalue weighted by molar-refractivity contribution is 5.88. The zero-order chi connectivity index (χ0) is 13.8. The molecule has 1 N–H and O–H groups in total. The quantitative estimate of drug-likeness (QED) is 0.861. The van der Waals surface area contributed by atoms with Crippen molar-refractivity contribution < 1.29 is 18.7 Å². The van der Waals surface area contributed by atoms with E-state index in [0.717, 1.165) is 0 Å². The largest absolute Gasteiger partial charge is 0.494 e. The highest BCUT2D eigenvalue weighted by atomic mass is 19.1. The number of carbonyl (C=O) groups excluding carboxylic acids is 1. The molecule has 0 saturated carbocycles. The number of halogens is 1.